The molecule has 0 aliphatic carbocycles. The van der Waals surface area contributed by atoms with Crippen LogP contribution in [0.25, 0.3) is 0 Å². The lowest BCUT2D eigenvalue weighted by Gasteiger charge is -2.13. The highest BCUT2D eigenvalue weighted by molar-refractivity contribution is 6.30. The van der Waals surface area contributed by atoms with Crippen molar-refractivity contribution < 1.29 is 9.13 Å². The normalized spacial score (nSPS) is 10.5. The summed E-state index contributed by atoms with van der Waals surface area (Å²) in [6, 6.07) is 8.35. The molecule has 0 aromatic heterocycles. The van der Waals surface area contributed by atoms with Crippen LogP contribution in [0.15, 0.2) is 30.3 Å². The van der Waals surface area contributed by atoms with Crippen LogP contribution in [0.2, 0.25) is 5.02 Å². The molecule has 0 saturated carbocycles. The topological polar surface area (TPSA) is 35.2 Å². The lowest BCUT2D eigenvalue weighted by molar-refractivity contribution is 0.301. The van der Waals surface area contributed by atoms with Crippen LogP contribution in [-0.4, -0.2) is 0 Å². The zero-order chi connectivity index (χ0) is 14.0. The second-order valence-electron chi connectivity index (χ2n) is 4.51. The average molecular weight is 280 g/mol. The van der Waals surface area contributed by atoms with Crippen LogP contribution in [0.4, 0.5) is 10.1 Å². The summed E-state index contributed by atoms with van der Waals surface area (Å²) in [5.74, 6) is 0.354. The van der Waals surface area contributed by atoms with Gasteiger partial charge in [0.1, 0.15) is 18.2 Å². The van der Waals surface area contributed by atoms with Gasteiger partial charge in [-0.05, 0) is 54.8 Å². The van der Waals surface area contributed by atoms with Crippen LogP contribution < -0.4 is 10.5 Å². The van der Waals surface area contributed by atoms with E-state index in [2.05, 4.69) is 0 Å². The Morgan fingerprint density at radius 1 is 1.16 bits per heavy atom. The number of ether oxygens (including phenoxy) is 1. The molecule has 0 heterocycles. The first-order chi connectivity index (χ1) is 8.97. The first-order valence-corrected chi connectivity index (χ1v) is 6.28. The van der Waals surface area contributed by atoms with Gasteiger partial charge in [0.15, 0.2) is 0 Å². The van der Waals surface area contributed by atoms with E-state index in [0.29, 0.717) is 11.6 Å². The van der Waals surface area contributed by atoms with Gasteiger partial charge in [-0.15, -0.1) is 0 Å². The molecule has 2 aromatic rings. The fourth-order valence-corrected chi connectivity index (χ4v) is 2.27. The highest BCUT2D eigenvalue weighted by atomic mass is 35.5. The molecule has 0 saturated heterocycles. The summed E-state index contributed by atoms with van der Waals surface area (Å²) in [7, 11) is 0. The van der Waals surface area contributed by atoms with Gasteiger partial charge in [-0.2, -0.15) is 0 Å². The van der Waals surface area contributed by atoms with Gasteiger partial charge in [0, 0.05) is 5.02 Å². The second-order valence-corrected chi connectivity index (χ2v) is 4.95. The van der Waals surface area contributed by atoms with E-state index in [-0.39, 0.29) is 5.69 Å². The van der Waals surface area contributed by atoms with Gasteiger partial charge in [-0.25, -0.2) is 4.39 Å². The van der Waals surface area contributed by atoms with Crippen molar-refractivity contribution in [1.29, 1.82) is 0 Å². The first kappa shape index (κ1) is 13.7. The molecular weight excluding hydrogens is 265 g/mol. The molecule has 2 rings (SSSR count). The van der Waals surface area contributed by atoms with Crippen LogP contribution in [0.5, 0.6) is 5.75 Å². The molecule has 2 aromatic carbocycles. The van der Waals surface area contributed by atoms with Crippen molar-refractivity contribution in [2.45, 2.75) is 20.5 Å². The molecule has 0 atom stereocenters. The standard InChI is InChI=1S/C15H15ClFNO/c1-9-5-12(16)6-10(2)15(9)19-8-11-3-4-14(18)13(17)7-11/h3-7H,8,18H2,1-2H3. The molecule has 2 N–H and O–H groups in total. The van der Waals surface area contributed by atoms with E-state index in [1.807, 2.05) is 26.0 Å². The molecule has 0 unspecified atom stereocenters. The first-order valence-electron chi connectivity index (χ1n) is 5.91. The Bertz CT molecular complexity index is 590. The maximum Gasteiger partial charge on any atom is 0.146 e. The summed E-state index contributed by atoms with van der Waals surface area (Å²) in [5.41, 5.74) is 8.23. The van der Waals surface area contributed by atoms with E-state index >= 15 is 0 Å². The average Bonchev–Trinajstić information content (AvgIpc) is 2.32. The summed E-state index contributed by atoms with van der Waals surface area (Å²) in [6.07, 6.45) is 0. The van der Waals surface area contributed by atoms with Gasteiger partial charge < -0.3 is 10.5 Å². The molecule has 100 valence electrons. The van der Waals surface area contributed by atoms with Gasteiger partial charge >= 0.3 is 0 Å². The summed E-state index contributed by atoms with van der Waals surface area (Å²) in [4.78, 5) is 0. The Balaban J connectivity index is 2.16. The number of rotatable bonds is 3. The number of nitrogen functional groups attached to an aromatic ring is 1. The third-order valence-electron chi connectivity index (χ3n) is 2.87. The summed E-state index contributed by atoms with van der Waals surface area (Å²) in [6.45, 7) is 4.15. The van der Waals surface area contributed by atoms with Crippen molar-refractivity contribution in [3.05, 3.63) is 57.9 Å². The van der Waals surface area contributed by atoms with Gasteiger partial charge in [0.25, 0.3) is 0 Å². The van der Waals surface area contributed by atoms with Crippen molar-refractivity contribution in [3.8, 4) is 5.75 Å². The fraction of sp³-hybridized carbons (Fsp3) is 0.200. The van der Waals surface area contributed by atoms with E-state index < -0.39 is 5.82 Å². The number of hydrogen-bond donors (Lipinski definition) is 1. The van der Waals surface area contributed by atoms with Crippen LogP contribution in [0.1, 0.15) is 16.7 Å². The summed E-state index contributed by atoms with van der Waals surface area (Å²) >= 11 is 5.96. The Labute approximate surface area is 117 Å². The number of halogens is 2. The summed E-state index contributed by atoms with van der Waals surface area (Å²) in [5, 5.41) is 0.681. The number of nitrogens with two attached hydrogens (primary N) is 1. The molecule has 2 nitrogen and oxygen atoms in total. The lowest BCUT2D eigenvalue weighted by Crippen LogP contribution is -2.00. The van der Waals surface area contributed by atoms with Crippen molar-refractivity contribution >= 4 is 17.3 Å². The van der Waals surface area contributed by atoms with Gasteiger partial charge in [-0.3, -0.25) is 0 Å². The monoisotopic (exact) mass is 279 g/mol. The molecule has 0 radical (unpaired) electrons. The molecule has 0 amide bonds. The van der Waals surface area contributed by atoms with Crippen LogP contribution in [-0.2, 0) is 6.61 Å². The fourth-order valence-electron chi connectivity index (χ4n) is 1.94. The molecule has 0 aliphatic heterocycles. The van der Waals surface area contributed by atoms with Crippen molar-refractivity contribution in [2.24, 2.45) is 0 Å². The van der Waals surface area contributed by atoms with E-state index in [1.54, 1.807) is 6.07 Å². The molecule has 19 heavy (non-hydrogen) atoms. The van der Waals surface area contributed by atoms with Gasteiger partial charge in [0.2, 0.25) is 0 Å². The predicted molar refractivity (Wildman–Crippen MR) is 76.1 cm³/mol. The lowest BCUT2D eigenvalue weighted by atomic mass is 10.1. The maximum atomic E-state index is 13.3. The third-order valence-corrected chi connectivity index (χ3v) is 3.09. The minimum absolute atomic E-state index is 0.141. The van der Waals surface area contributed by atoms with E-state index in [4.69, 9.17) is 22.1 Å². The molecule has 4 heteroatoms. The quantitative estimate of drug-likeness (QED) is 0.852. The molecule has 0 spiro atoms. The van der Waals surface area contributed by atoms with Crippen molar-refractivity contribution in [2.75, 3.05) is 5.73 Å². The van der Waals surface area contributed by atoms with Crippen molar-refractivity contribution in [1.82, 2.24) is 0 Å². The zero-order valence-corrected chi connectivity index (χ0v) is 11.6. The van der Waals surface area contributed by atoms with Gasteiger partial charge in [-0.1, -0.05) is 17.7 Å². The number of anilines is 1. The Morgan fingerprint density at radius 2 is 1.79 bits per heavy atom. The van der Waals surface area contributed by atoms with E-state index in [9.17, 15) is 4.39 Å². The number of benzene rings is 2. The smallest absolute Gasteiger partial charge is 0.146 e. The minimum Gasteiger partial charge on any atom is -0.488 e. The summed E-state index contributed by atoms with van der Waals surface area (Å²) < 4.78 is 19.1. The molecular formula is C15H15ClFNO. The van der Waals surface area contributed by atoms with E-state index in [1.165, 1.54) is 12.1 Å². The second kappa shape index (κ2) is 5.49. The minimum atomic E-state index is -0.425. The maximum absolute atomic E-state index is 13.3. The van der Waals surface area contributed by atoms with Crippen LogP contribution in [0.3, 0.4) is 0 Å². The number of hydrogen-bond acceptors (Lipinski definition) is 2. The Morgan fingerprint density at radius 3 is 2.37 bits per heavy atom. The van der Waals surface area contributed by atoms with E-state index in [0.717, 1.165) is 22.4 Å². The zero-order valence-electron chi connectivity index (χ0n) is 10.8. The van der Waals surface area contributed by atoms with Crippen molar-refractivity contribution in [3.63, 3.8) is 0 Å². The van der Waals surface area contributed by atoms with Gasteiger partial charge in [0.05, 0.1) is 5.69 Å². The largest absolute Gasteiger partial charge is 0.488 e. The molecule has 0 fully saturated rings. The highest BCUT2D eigenvalue weighted by Crippen LogP contribution is 2.28. The third kappa shape index (κ3) is 3.18. The van der Waals surface area contributed by atoms with Crippen LogP contribution in [0, 0.1) is 19.7 Å². The molecule has 0 aliphatic rings. The Kier molecular flexibility index (Phi) is 3.96. The Hall–Kier alpha value is -1.74. The number of aryl methyl sites for hydroxylation is 2. The molecule has 0 bridgehead atoms. The SMILES string of the molecule is Cc1cc(Cl)cc(C)c1OCc1ccc(N)c(F)c1. The van der Waals surface area contributed by atoms with Crippen LogP contribution >= 0.6 is 11.6 Å². The highest BCUT2D eigenvalue weighted by Gasteiger charge is 2.07. The predicted octanol–water partition coefficient (Wildman–Crippen LogP) is 4.26.